The number of hydrogen-bond acceptors (Lipinski definition) is 4. The lowest BCUT2D eigenvalue weighted by Crippen LogP contribution is -2.18. The van der Waals surface area contributed by atoms with Gasteiger partial charge in [-0.15, -0.1) is 0 Å². The number of carbonyl (C=O) groups is 1. The van der Waals surface area contributed by atoms with Crippen molar-refractivity contribution in [2.75, 3.05) is 0 Å². The molecule has 0 saturated carbocycles. The van der Waals surface area contributed by atoms with Gasteiger partial charge in [-0.25, -0.2) is 5.43 Å². The first-order valence-electron chi connectivity index (χ1n) is 5.90. The van der Waals surface area contributed by atoms with E-state index in [0.717, 1.165) is 0 Å². The Morgan fingerprint density at radius 3 is 2.48 bits per heavy atom. The maximum absolute atomic E-state index is 11.9. The fourth-order valence-corrected chi connectivity index (χ4v) is 2.02. The molecule has 106 valence electrons. The lowest BCUT2D eigenvalue weighted by Gasteiger charge is -2.01. The molecule has 0 aliphatic carbocycles. The van der Waals surface area contributed by atoms with Crippen LogP contribution in [0.15, 0.2) is 58.1 Å². The molecule has 21 heavy (non-hydrogen) atoms. The van der Waals surface area contributed by atoms with E-state index in [1.165, 1.54) is 18.3 Å². The molecule has 0 fully saturated rings. The van der Waals surface area contributed by atoms with Gasteiger partial charge in [-0.1, -0.05) is 12.1 Å². The van der Waals surface area contributed by atoms with Crippen LogP contribution in [0.25, 0.3) is 0 Å². The molecule has 0 spiro atoms. The molecule has 1 N–H and O–H groups in total. The highest BCUT2D eigenvalue weighted by molar-refractivity contribution is 9.10. The molecule has 2 aromatic rings. The van der Waals surface area contributed by atoms with E-state index in [2.05, 4.69) is 26.5 Å². The van der Waals surface area contributed by atoms with E-state index in [-0.39, 0.29) is 11.6 Å². The normalized spacial score (nSPS) is 10.5. The molecule has 0 aliphatic rings. The minimum absolute atomic E-state index is 0.00408. The Balaban J connectivity index is 2.01. The summed E-state index contributed by atoms with van der Waals surface area (Å²) in [7, 11) is 0. The van der Waals surface area contributed by atoms with Gasteiger partial charge in [0.15, 0.2) is 0 Å². The Kier molecular flexibility index (Phi) is 4.78. The topological polar surface area (TPSA) is 84.6 Å². The Labute approximate surface area is 128 Å². The van der Waals surface area contributed by atoms with E-state index in [0.29, 0.717) is 15.6 Å². The Morgan fingerprint density at radius 2 is 1.86 bits per heavy atom. The van der Waals surface area contributed by atoms with Crippen molar-refractivity contribution in [3.05, 3.63) is 74.2 Å². The van der Waals surface area contributed by atoms with Crippen LogP contribution in [0, 0.1) is 10.1 Å². The number of halogens is 1. The number of nitrogens with zero attached hydrogens (tertiary/aromatic N) is 2. The quantitative estimate of drug-likeness (QED) is 0.523. The molecule has 1 amide bonds. The Hall–Kier alpha value is -2.54. The van der Waals surface area contributed by atoms with Gasteiger partial charge in [0, 0.05) is 16.6 Å². The average molecular weight is 348 g/mol. The summed E-state index contributed by atoms with van der Waals surface area (Å²) >= 11 is 3.28. The van der Waals surface area contributed by atoms with Gasteiger partial charge in [0.05, 0.1) is 16.7 Å². The van der Waals surface area contributed by atoms with Crippen molar-refractivity contribution in [3.8, 4) is 0 Å². The highest BCUT2D eigenvalue weighted by atomic mass is 79.9. The summed E-state index contributed by atoms with van der Waals surface area (Å²) in [5.41, 5.74) is 3.51. The fraction of sp³-hybridized carbons (Fsp3) is 0. The van der Waals surface area contributed by atoms with Crippen molar-refractivity contribution in [1.29, 1.82) is 0 Å². The second kappa shape index (κ2) is 6.76. The zero-order valence-electron chi connectivity index (χ0n) is 10.7. The van der Waals surface area contributed by atoms with Crippen LogP contribution in [0.3, 0.4) is 0 Å². The smallest absolute Gasteiger partial charge is 0.267 e. The number of nitro benzene ring substituents is 1. The number of hydrogen-bond donors (Lipinski definition) is 1. The molecule has 2 aromatic carbocycles. The van der Waals surface area contributed by atoms with Gasteiger partial charge in [0.1, 0.15) is 0 Å². The van der Waals surface area contributed by atoms with Crippen LogP contribution < -0.4 is 5.43 Å². The molecule has 2 rings (SSSR count). The van der Waals surface area contributed by atoms with Crippen molar-refractivity contribution in [2.45, 2.75) is 0 Å². The van der Waals surface area contributed by atoms with Gasteiger partial charge < -0.3 is 0 Å². The largest absolute Gasteiger partial charge is 0.272 e. The molecule has 6 nitrogen and oxygen atoms in total. The van der Waals surface area contributed by atoms with Crippen molar-refractivity contribution in [2.24, 2.45) is 5.10 Å². The van der Waals surface area contributed by atoms with E-state index in [9.17, 15) is 14.9 Å². The van der Waals surface area contributed by atoms with Gasteiger partial charge in [-0.05, 0) is 45.8 Å². The average Bonchev–Trinajstić information content (AvgIpc) is 2.48. The molecule has 0 bridgehead atoms. The summed E-state index contributed by atoms with van der Waals surface area (Å²) in [5, 5.41) is 14.3. The standard InChI is InChI=1S/C14H10BrN3O3/c15-13-4-2-1-3-12(13)14(19)17-16-9-10-5-7-11(8-6-10)18(20)21/h1-9H,(H,17,19)/b16-9-. The van der Waals surface area contributed by atoms with Gasteiger partial charge in [0.2, 0.25) is 0 Å². The molecule has 0 radical (unpaired) electrons. The van der Waals surface area contributed by atoms with Crippen LogP contribution in [0.4, 0.5) is 5.69 Å². The summed E-state index contributed by atoms with van der Waals surface area (Å²) in [6, 6.07) is 12.8. The number of nitro groups is 1. The summed E-state index contributed by atoms with van der Waals surface area (Å²) < 4.78 is 0.674. The SMILES string of the molecule is O=C(N/N=C\c1ccc([N+](=O)[O-])cc1)c1ccccc1Br. The van der Waals surface area contributed by atoms with Crippen LogP contribution in [0.1, 0.15) is 15.9 Å². The molecular weight excluding hydrogens is 338 g/mol. The number of benzene rings is 2. The highest BCUT2D eigenvalue weighted by Gasteiger charge is 2.07. The van der Waals surface area contributed by atoms with Gasteiger partial charge in [-0.2, -0.15) is 5.10 Å². The monoisotopic (exact) mass is 347 g/mol. The predicted molar refractivity (Wildman–Crippen MR) is 82.3 cm³/mol. The fourth-order valence-electron chi connectivity index (χ4n) is 1.55. The third-order valence-corrected chi connectivity index (χ3v) is 3.29. The van der Waals surface area contributed by atoms with E-state index in [4.69, 9.17) is 0 Å². The molecule has 0 saturated heterocycles. The Morgan fingerprint density at radius 1 is 1.19 bits per heavy atom. The van der Waals surface area contributed by atoms with Gasteiger partial charge >= 0.3 is 0 Å². The predicted octanol–water partition coefficient (Wildman–Crippen LogP) is 3.12. The number of non-ortho nitro benzene ring substituents is 1. The Bertz CT molecular complexity index is 699. The maximum atomic E-state index is 11.9. The molecule has 7 heteroatoms. The summed E-state index contributed by atoms with van der Waals surface area (Å²) in [6.07, 6.45) is 1.42. The number of amides is 1. The first-order chi connectivity index (χ1) is 10.1. The van der Waals surface area contributed by atoms with E-state index >= 15 is 0 Å². The molecule has 0 heterocycles. The molecule has 0 aromatic heterocycles. The molecule has 0 atom stereocenters. The zero-order chi connectivity index (χ0) is 15.2. The third-order valence-electron chi connectivity index (χ3n) is 2.60. The van der Waals surface area contributed by atoms with Gasteiger partial charge in [0.25, 0.3) is 11.6 Å². The van der Waals surface area contributed by atoms with Crippen LogP contribution in [-0.2, 0) is 0 Å². The minimum Gasteiger partial charge on any atom is -0.267 e. The third kappa shape index (κ3) is 3.96. The first-order valence-corrected chi connectivity index (χ1v) is 6.69. The van der Waals surface area contributed by atoms with Crippen molar-refractivity contribution >= 4 is 33.7 Å². The number of carbonyl (C=O) groups excluding carboxylic acids is 1. The maximum Gasteiger partial charge on any atom is 0.272 e. The first kappa shape index (κ1) is 14.9. The van der Waals surface area contributed by atoms with Crippen molar-refractivity contribution in [3.63, 3.8) is 0 Å². The summed E-state index contributed by atoms with van der Waals surface area (Å²) in [6.45, 7) is 0. The van der Waals surface area contributed by atoms with E-state index in [1.807, 2.05) is 0 Å². The molecule has 0 unspecified atom stereocenters. The van der Waals surface area contributed by atoms with Crippen molar-refractivity contribution < 1.29 is 9.72 Å². The lowest BCUT2D eigenvalue weighted by atomic mass is 10.2. The van der Waals surface area contributed by atoms with Crippen LogP contribution >= 0.6 is 15.9 Å². The van der Waals surface area contributed by atoms with Crippen LogP contribution in [0.2, 0.25) is 0 Å². The second-order valence-corrected chi connectivity index (χ2v) is 4.88. The lowest BCUT2D eigenvalue weighted by molar-refractivity contribution is -0.384. The van der Waals surface area contributed by atoms with E-state index < -0.39 is 4.92 Å². The summed E-state index contributed by atoms with van der Waals surface area (Å²) in [4.78, 5) is 21.9. The number of nitrogens with one attached hydrogen (secondary N) is 1. The summed E-state index contributed by atoms with van der Waals surface area (Å²) in [5.74, 6) is -0.347. The number of hydrazone groups is 1. The molecular formula is C14H10BrN3O3. The highest BCUT2D eigenvalue weighted by Crippen LogP contribution is 2.15. The zero-order valence-corrected chi connectivity index (χ0v) is 12.3. The van der Waals surface area contributed by atoms with Crippen LogP contribution in [-0.4, -0.2) is 17.0 Å². The minimum atomic E-state index is -0.477. The van der Waals surface area contributed by atoms with Gasteiger partial charge in [-0.3, -0.25) is 14.9 Å². The molecule has 0 aliphatic heterocycles. The van der Waals surface area contributed by atoms with E-state index in [1.54, 1.807) is 36.4 Å². The second-order valence-electron chi connectivity index (χ2n) is 4.03. The van der Waals surface area contributed by atoms with Crippen molar-refractivity contribution in [1.82, 2.24) is 5.43 Å². The number of rotatable bonds is 4. The van der Waals surface area contributed by atoms with Crippen LogP contribution in [0.5, 0.6) is 0 Å².